The molecule has 0 bridgehead atoms. The highest BCUT2D eigenvalue weighted by Gasteiger charge is 2.35. The van der Waals surface area contributed by atoms with Crippen LogP contribution in [-0.2, 0) is 11.3 Å². The number of amides is 2. The highest BCUT2D eigenvalue weighted by atomic mass is 16.3. The van der Waals surface area contributed by atoms with Crippen molar-refractivity contribution in [1.82, 2.24) is 19.7 Å². The van der Waals surface area contributed by atoms with Gasteiger partial charge in [-0.25, -0.2) is 4.98 Å². The third-order valence-electron chi connectivity index (χ3n) is 5.41. The van der Waals surface area contributed by atoms with Gasteiger partial charge in [-0.2, -0.15) is 5.10 Å². The second-order valence-electron chi connectivity index (χ2n) is 8.12. The van der Waals surface area contributed by atoms with Gasteiger partial charge in [-0.05, 0) is 31.0 Å². The lowest BCUT2D eigenvalue weighted by Gasteiger charge is -2.27. The van der Waals surface area contributed by atoms with Crippen molar-refractivity contribution in [1.29, 1.82) is 0 Å². The lowest BCUT2D eigenvalue weighted by molar-refractivity contribution is -0.121. The van der Waals surface area contributed by atoms with Crippen LogP contribution >= 0.6 is 0 Å². The molecule has 1 aliphatic carbocycles. The van der Waals surface area contributed by atoms with Crippen LogP contribution < -0.4 is 16.0 Å². The van der Waals surface area contributed by atoms with Crippen LogP contribution in [0.4, 0.5) is 11.6 Å². The van der Waals surface area contributed by atoms with E-state index in [1.165, 1.54) is 0 Å². The zero-order chi connectivity index (χ0) is 22.8. The molecule has 4 N–H and O–H groups in total. The molecule has 1 aromatic carbocycles. The van der Waals surface area contributed by atoms with Gasteiger partial charge in [0.1, 0.15) is 17.9 Å². The van der Waals surface area contributed by atoms with Gasteiger partial charge in [0.05, 0.1) is 18.6 Å². The minimum Gasteiger partial charge on any atom is -0.376 e. The van der Waals surface area contributed by atoms with Crippen molar-refractivity contribution < 1.29 is 14.7 Å². The summed E-state index contributed by atoms with van der Waals surface area (Å²) < 4.78 is 1.56. The molecule has 1 atom stereocenters. The molecule has 168 valence electrons. The number of rotatable bonds is 9. The summed E-state index contributed by atoms with van der Waals surface area (Å²) >= 11 is 0. The molecule has 10 nitrogen and oxygen atoms in total. The second kappa shape index (κ2) is 8.93. The highest BCUT2D eigenvalue weighted by Crippen LogP contribution is 2.29. The Kier molecular flexibility index (Phi) is 6.06. The van der Waals surface area contributed by atoms with Gasteiger partial charge < -0.3 is 21.1 Å². The largest absolute Gasteiger partial charge is 0.376 e. The first-order valence-electron chi connectivity index (χ1n) is 10.5. The van der Waals surface area contributed by atoms with Crippen LogP contribution in [-0.4, -0.2) is 69.5 Å². The average molecular weight is 438 g/mol. The molecule has 10 heteroatoms. The minimum atomic E-state index is -0.960. The van der Waals surface area contributed by atoms with E-state index in [1.54, 1.807) is 27.8 Å². The van der Waals surface area contributed by atoms with Gasteiger partial charge in [0.15, 0.2) is 5.69 Å². The predicted octanol–water partition coefficient (Wildman–Crippen LogP) is 1.02. The van der Waals surface area contributed by atoms with Gasteiger partial charge in [-0.1, -0.05) is 24.3 Å². The van der Waals surface area contributed by atoms with Crippen molar-refractivity contribution in [3.05, 3.63) is 48.2 Å². The van der Waals surface area contributed by atoms with E-state index >= 15 is 0 Å². The van der Waals surface area contributed by atoms with Crippen LogP contribution in [0.1, 0.15) is 23.3 Å². The number of fused-ring (bicyclic) bond motifs is 1. The molecule has 0 saturated heterocycles. The number of aliphatic hydroxyl groups is 1. The monoisotopic (exact) mass is 437 g/mol. The van der Waals surface area contributed by atoms with E-state index in [1.807, 2.05) is 43.3 Å². The zero-order valence-electron chi connectivity index (χ0n) is 18.1. The standard InChI is InChI=1S/C22H27N7O3/c1-27(2)18-9-5-8-17(24-18)25-19(30)12-28(14-10-11-14)20(31)13-29-16-7-4-3-6-15(16)21(26-29)22(23)32/h3-9,14,20,31H,10-13H2,1-2H3,(H2,23,32)(H,24,25,30). The Bertz CT molecular complexity index is 1140. The average Bonchev–Trinajstić information content (AvgIpc) is 3.54. The van der Waals surface area contributed by atoms with Crippen molar-refractivity contribution in [2.75, 3.05) is 30.9 Å². The summed E-state index contributed by atoms with van der Waals surface area (Å²) in [5.41, 5.74) is 6.32. The van der Waals surface area contributed by atoms with Gasteiger partial charge in [0.2, 0.25) is 5.91 Å². The Morgan fingerprint density at radius 2 is 1.97 bits per heavy atom. The molecule has 4 rings (SSSR count). The van der Waals surface area contributed by atoms with Gasteiger partial charge in [0.25, 0.3) is 5.91 Å². The fourth-order valence-electron chi connectivity index (χ4n) is 3.68. The van der Waals surface area contributed by atoms with E-state index in [0.717, 1.165) is 18.7 Å². The molecule has 2 heterocycles. The number of carbonyl (C=O) groups is 2. The predicted molar refractivity (Wildman–Crippen MR) is 121 cm³/mol. The number of hydrogen-bond acceptors (Lipinski definition) is 7. The number of nitrogens with zero attached hydrogens (tertiary/aromatic N) is 5. The summed E-state index contributed by atoms with van der Waals surface area (Å²) in [6.07, 6.45) is 0.856. The lowest BCUT2D eigenvalue weighted by atomic mass is 10.2. The number of aliphatic hydroxyl groups excluding tert-OH is 1. The topological polar surface area (TPSA) is 130 Å². The van der Waals surface area contributed by atoms with Gasteiger partial charge in [0, 0.05) is 25.5 Å². The summed E-state index contributed by atoms with van der Waals surface area (Å²) in [4.78, 5) is 32.5. The summed E-state index contributed by atoms with van der Waals surface area (Å²) in [6, 6.07) is 12.7. The summed E-state index contributed by atoms with van der Waals surface area (Å²) in [7, 11) is 3.75. The van der Waals surface area contributed by atoms with E-state index in [4.69, 9.17) is 5.73 Å². The lowest BCUT2D eigenvalue weighted by Crippen LogP contribution is -2.44. The SMILES string of the molecule is CN(C)c1cccc(NC(=O)CN(C(O)Cn2nc(C(N)=O)c3ccccc32)C2CC2)n1. The quantitative estimate of drug-likeness (QED) is 0.426. The van der Waals surface area contributed by atoms with Crippen LogP contribution in [0.25, 0.3) is 10.9 Å². The number of nitrogens with two attached hydrogens (primary N) is 1. The van der Waals surface area contributed by atoms with Crippen molar-refractivity contribution in [2.45, 2.75) is 31.7 Å². The number of primary amides is 1. The number of aromatic nitrogens is 3. The summed E-state index contributed by atoms with van der Waals surface area (Å²) in [5.74, 6) is 0.302. The van der Waals surface area contributed by atoms with Crippen LogP contribution in [0.15, 0.2) is 42.5 Å². The molecule has 1 saturated carbocycles. The first-order chi connectivity index (χ1) is 15.3. The number of carbonyl (C=O) groups excluding carboxylic acids is 2. The Labute approximate surface area is 185 Å². The first kappa shape index (κ1) is 21.7. The molecular weight excluding hydrogens is 410 g/mol. The van der Waals surface area contributed by atoms with Gasteiger partial charge >= 0.3 is 0 Å². The van der Waals surface area contributed by atoms with Crippen molar-refractivity contribution in [3.63, 3.8) is 0 Å². The van der Waals surface area contributed by atoms with Gasteiger partial charge in [-0.3, -0.25) is 19.2 Å². The molecule has 0 radical (unpaired) electrons. The van der Waals surface area contributed by atoms with E-state index in [2.05, 4.69) is 15.4 Å². The fourth-order valence-corrected chi connectivity index (χ4v) is 3.68. The maximum atomic E-state index is 12.7. The molecule has 0 aliphatic heterocycles. The van der Waals surface area contributed by atoms with Crippen LogP contribution in [0.5, 0.6) is 0 Å². The third kappa shape index (κ3) is 4.71. The normalized spacial score (nSPS) is 14.5. The maximum absolute atomic E-state index is 12.7. The van der Waals surface area contributed by atoms with E-state index in [9.17, 15) is 14.7 Å². The molecule has 32 heavy (non-hydrogen) atoms. The molecule has 1 aliphatic rings. The van der Waals surface area contributed by atoms with Crippen LogP contribution in [0.3, 0.4) is 0 Å². The summed E-state index contributed by atoms with van der Waals surface area (Å²) in [5, 5.41) is 18.7. The molecule has 0 spiro atoms. The van der Waals surface area contributed by atoms with Crippen LogP contribution in [0.2, 0.25) is 0 Å². The number of benzene rings is 1. The number of nitrogens with one attached hydrogen (secondary N) is 1. The van der Waals surface area contributed by atoms with E-state index < -0.39 is 12.1 Å². The van der Waals surface area contributed by atoms with Crippen molar-refractivity contribution in [3.8, 4) is 0 Å². The van der Waals surface area contributed by atoms with Crippen molar-refractivity contribution >= 4 is 34.4 Å². The second-order valence-corrected chi connectivity index (χ2v) is 8.12. The number of pyridine rings is 1. The first-order valence-corrected chi connectivity index (χ1v) is 10.5. The zero-order valence-corrected chi connectivity index (χ0v) is 18.1. The molecule has 1 unspecified atom stereocenters. The molecular formula is C22H27N7O3. The van der Waals surface area contributed by atoms with Gasteiger partial charge in [-0.15, -0.1) is 0 Å². The van der Waals surface area contributed by atoms with Crippen LogP contribution in [0, 0.1) is 0 Å². The Morgan fingerprint density at radius 3 is 2.66 bits per heavy atom. The molecule has 1 fully saturated rings. The third-order valence-corrected chi connectivity index (χ3v) is 5.41. The maximum Gasteiger partial charge on any atom is 0.269 e. The molecule has 2 aromatic heterocycles. The van der Waals surface area contributed by atoms with Crippen molar-refractivity contribution in [2.24, 2.45) is 5.73 Å². The Morgan fingerprint density at radius 1 is 1.22 bits per heavy atom. The molecule has 3 aromatic rings. The number of anilines is 2. The fraction of sp³-hybridized carbons (Fsp3) is 0.364. The minimum absolute atomic E-state index is 0.0155. The smallest absolute Gasteiger partial charge is 0.269 e. The molecule has 2 amide bonds. The number of para-hydroxylation sites is 1. The van der Waals surface area contributed by atoms with E-state index in [0.29, 0.717) is 16.7 Å². The Balaban J connectivity index is 1.48. The highest BCUT2D eigenvalue weighted by molar-refractivity contribution is 6.04. The Hall–Kier alpha value is -3.50. The summed E-state index contributed by atoms with van der Waals surface area (Å²) in [6.45, 7) is 0.119. The van der Waals surface area contributed by atoms with E-state index in [-0.39, 0.29) is 30.7 Å². The number of hydrogen-bond donors (Lipinski definition) is 3.